The van der Waals surface area contributed by atoms with Crippen LogP contribution in [0.5, 0.6) is 0 Å². The zero-order valence-electron chi connectivity index (χ0n) is 10.2. The van der Waals surface area contributed by atoms with Gasteiger partial charge in [0.15, 0.2) is 0 Å². The molecule has 1 aromatic rings. The molecule has 2 atom stereocenters. The summed E-state index contributed by atoms with van der Waals surface area (Å²) in [5, 5.41) is 3.06. The van der Waals surface area contributed by atoms with Crippen LogP contribution in [0.2, 0.25) is 5.15 Å². The summed E-state index contributed by atoms with van der Waals surface area (Å²) >= 11 is 5.71. The zero-order chi connectivity index (χ0) is 12.3. The zero-order valence-corrected chi connectivity index (χ0v) is 12.6. The molecule has 0 unspecified atom stereocenters. The molecule has 1 aliphatic carbocycles. The molecule has 0 aliphatic heterocycles. The van der Waals surface area contributed by atoms with Gasteiger partial charge < -0.3 is 11.1 Å². The lowest BCUT2D eigenvalue weighted by molar-refractivity contribution is -0.120. The maximum Gasteiger partial charge on any atom is 0.228 e. The first-order chi connectivity index (χ1) is 8.15. The Kier molecular flexibility index (Phi) is 8.25. The number of halogens is 3. The second-order valence-electron chi connectivity index (χ2n) is 4.34. The van der Waals surface area contributed by atoms with E-state index in [4.69, 9.17) is 17.3 Å². The van der Waals surface area contributed by atoms with Crippen LogP contribution in [0, 0.1) is 5.92 Å². The Bertz CT molecular complexity index is 419. The first kappa shape index (κ1) is 18.4. The summed E-state index contributed by atoms with van der Waals surface area (Å²) in [6, 6.07) is 1.66. The molecule has 1 fully saturated rings. The number of nitrogens with two attached hydrogens (primary N) is 1. The number of hydrogen-bond acceptors (Lipinski definition) is 4. The van der Waals surface area contributed by atoms with Gasteiger partial charge in [0.2, 0.25) is 5.91 Å². The largest absolute Gasteiger partial charge is 0.328 e. The van der Waals surface area contributed by atoms with Gasteiger partial charge >= 0.3 is 0 Å². The van der Waals surface area contributed by atoms with Crippen molar-refractivity contribution in [3.63, 3.8) is 0 Å². The quantitative estimate of drug-likeness (QED) is 0.817. The molecule has 1 saturated carbocycles. The summed E-state index contributed by atoms with van der Waals surface area (Å²) in [5.41, 5.74) is 5.85. The summed E-state index contributed by atoms with van der Waals surface area (Å²) in [6.45, 7) is 0. The highest BCUT2D eigenvalue weighted by Gasteiger charge is 2.25. The Labute approximate surface area is 129 Å². The summed E-state index contributed by atoms with van der Waals surface area (Å²) in [4.78, 5) is 19.6. The predicted molar refractivity (Wildman–Crippen MR) is 80.1 cm³/mol. The average molecular weight is 328 g/mol. The highest BCUT2D eigenvalue weighted by molar-refractivity contribution is 6.29. The molecule has 5 nitrogen and oxygen atoms in total. The SMILES string of the molecule is Cl.Cl.N[C@@H]1CCC[C@H](C(=O)Nc2cc(Cl)ncn2)C1. The molecule has 0 aromatic carbocycles. The van der Waals surface area contributed by atoms with Crippen molar-refractivity contribution in [2.75, 3.05) is 5.32 Å². The monoisotopic (exact) mass is 326 g/mol. The van der Waals surface area contributed by atoms with Crippen LogP contribution in [0.1, 0.15) is 25.7 Å². The Morgan fingerprint density at radius 2 is 2.11 bits per heavy atom. The van der Waals surface area contributed by atoms with E-state index in [0.717, 1.165) is 25.7 Å². The number of amides is 1. The minimum absolute atomic E-state index is 0. The van der Waals surface area contributed by atoms with Gasteiger partial charge in [0.05, 0.1) is 0 Å². The maximum atomic E-state index is 12.0. The average Bonchev–Trinajstić information content (AvgIpc) is 2.29. The predicted octanol–water partition coefficient (Wildman–Crippen LogP) is 2.43. The third-order valence-corrected chi connectivity index (χ3v) is 3.18. The lowest BCUT2D eigenvalue weighted by Gasteiger charge is -2.25. The number of hydrogen-bond donors (Lipinski definition) is 2. The summed E-state index contributed by atoms with van der Waals surface area (Å²) in [7, 11) is 0. The number of nitrogens with zero attached hydrogens (tertiary/aromatic N) is 2. The van der Waals surface area contributed by atoms with Crippen LogP contribution in [0.25, 0.3) is 0 Å². The summed E-state index contributed by atoms with van der Waals surface area (Å²) < 4.78 is 0. The van der Waals surface area contributed by atoms with Crippen LogP contribution in [-0.2, 0) is 4.79 Å². The van der Waals surface area contributed by atoms with Crippen molar-refractivity contribution in [2.45, 2.75) is 31.7 Å². The van der Waals surface area contributed by atoms with Crippen molar-refractivity contribution in [3.05, 3.63) is 17.5 Å². The van der Waals surface area contributed by atoms with Gasteiger partial charge in [-0.05, 0) is 19.3 Å². The van der Waals surface area contributed by atoms with Gasteiger partial charge in [-0.15, -0.1) is 24.8 Å². The summed E-state index contributed by atoms with van der Waals surface area (Å²) in [5.74, 6) is 0.386. The number of carbonyl (C=O) groups excluding carboxylic acids is 1. The van der Waals surface area contributed by atoms with E-state index in [1.165, 1.54) is 12.4 Å². The van der Waals surface area contributed by atoms with E-state index >= 15 is 0 Å². The van der Waals surface area contributed by atoms with Gasteiger partial charge in [0.1, 0.15) is 17.3 Å². The van der Waals surface area contributed by atoms with Crippen LogP contribution in [0.3, 0.4) is 0 Å². The van der Waals surface area contributed by atoms with Gasteiger partial charge in [0, 0.05) is 18.0 Å². The summed E-state index contributed by atoms with van der Waals surface area (Å²) in [6.07, 6.45) is 4.96. The van der Waals surface area contributed by atoms with Crippen molar-refractivity contribution in [1.29, 1.82) is 0 Å². The van der Waals surface area contributed by atoms with Gasteiger partial charge in [0.25, 0.3) is 0 Å². The third-order valence-electron chi connectivity index (χ3n) is 2.97. The molecule has 1 amide bonds. The molecule has 2 rings (SSSR count). The molecule has 0 saturated heterocycles. The molecule has 108 valence electrons. The molecule has 8 heteroatoms. The highest BCUT2D eigenvalue weighted by Crippen LogP contribution is 2.24. The van der Waals surface area contributed by atoms with Gasteiger partial charge in [-0.1, -0.05) is 18.0 Å². The van der Waals surface area contributed by atoms with E-state index in [1.54, 1.807) is 0 Å². The van der Waals surface area contributed by atoms with Gasteiger partial charge in [-0.2, -0.15) is 0 Å². The van der Waals surface area contributed by atoms with E-state index < -0.39 is 0 Å². The Morgan fingerprint density at radius 1 is 1.37 bits per heavy atom. The molecule has 3 N–H and O–H groups in total. The van der Waals surface area contributed by atoms with E-state index in [9.17, 15) is 4.79 Å². The number of anilines is 1. The lowest BCUT2D eigenvalue weighted by Crippen LogP contribution is -2.34. The van der Waals surface area contributed by atoms with Gasteiger partial charge in [-0.3, -0.25) is 4.79 Å². The third kappa shape index (κ3) is 5.48. The molecule has 0 bridgehead atoms. The Balaban J connectivity index is 0.00000162. The van der Waals surface area contributed by atoms with Crippen LogP contribution < -0.4 is 11.1 Å². The van der Waals surface area contributed by atoms with Crippen molar-refractivity contribution < 1.29 is 4.79 Å². The standard InChI is InChI=1S/C11H15ClN4O.2ClH/c12-9-5-10(15-6-14-9)16-11(17)7-2-1-3-8(13)4-7;;/h5-8H,1-4,13H2,(H,14,15,16,17);2*1H/t7-,8+;;/m0../s1. The number of nitrogens with one attached hydrogen (secondary N) is 1. The van der Waals surface area contributed by atoms with Crippen molar-refractivity contribution in [1.82, 2.24) is 9.97 Å². The van der Waals surface area contributed by atoms with Crippen LogP contribution in [-0.4, -0.2) is 21.9 Å². The molecular formula is C11H17Cl3N4O. The first-order valence-corrected chi connectivity index (χ1v) is 6.07. The molecule has 19 heavy (non-hydrogen) atoms. The topological polar surface area (TPSA) is 80.9 Å². The van der Waals surface area contributed by atoms with E-state index in [1.807, 2.05) is 0 Å². The Morgan fingerprint density at radius 3 is 2.74 bits per heavy atom. The fourth-order valence-corrected chi connectivity index (χ4v) is 2.24. The molecule has 1 heterocycles. The fourth-order valence-electron chi connectivity index (χ4n) is 2.10. The smallest absolute Gasteiger partial charge is 0.228 e. The van der Waals surface area contributed by atoms with Crippen LogP contribution in [0.4, 0.5) is 5.82 Å². The maximum absolute atomic E-state index is 12.0. The van der Waals surface area contributed by atoms with Gasteiger partial charge in [-0.25, -0.2) is 9.97 Å². The van der Waals surface area contributed by atoms with Crippen molar-refractivity contribution >= 4 is 48.1 Å². The second kappa shape index (κ2) is 8.53. The van der Waals surface area contributed by atoms with Crippen LogP contribution >= 0.6 is 36.4 Å². The lowest BCUT2D eigenvalue weighted by atomic mass is 9.85. The molecule has 0 spiro atoms. The Hall–Kier alpha value is -0.620. The van der Waals surface area contributed by atoms with E-state index in [2.05, 4.69) is 15.3 Å². The highest BCUT2D eigenvalue weighted by atomic mass is 35.5. The molecule has 1 aliphatic rings. The molecule has 1 aromatic heterocycles. The van der Waals surface area contributed by atoms with E-state index in [0.29, 0.717) is 11.0 Å². The number of rotatable bonds is 2. The van der Waals surface area contributed by atoms with Crippen molar-refractivity contribution in [3.8, 4) is 0 Å². The molecular weight excluding hydrogens is 311 g/mol. The minimum atomic E-state index is -0.0325. The first-order valence-electron chi connectivity index (χ1n) is 5.69. The van der Waals surface area contributed by atoms with Crippen LogP contribution in [0.15, 0.2) is 12.4 Å². The fraction of sp³-hybridized carbons (Fsp3) is 0.545. The number of aromatic nitrogens is 2. The number of carbonyl (C=O) groups is 1. The second-order valence-corrected chi connectivity index (χ2v) is 4.73. The normalized spacial score (nSPS) is 21.8. The van der Waals surface area contributed by atoms with E-state index in [-0.39, 0.29) is 42.7 Å². The minimum Gasteiger partial charge on any atom is -0.328 e. The molecule has 0 radical (unpaired) electrons. The van der Waals surface area contributed by atoms with Crippen molar-refractivity contribution in [2.24, 2.45) is 11.7 Å².